The summed E-state index contributed by atoms with van der Waals surface area (Å²) in [5, 5.41) is 0. The Balaban J connectivity index is 2.22. The van der Waals surface area contributed by atoms with Crippen molar-refractivity contribution in [1.82, 2.24) is 0 Å². The number of nitrogens with two attached hydrogens (primary N) is 1. The minimum absolute atomic E-state index is 0.0531. The van der Waals surface area contributed by atoms with Crippen molar-refractivity contribution in [3.05, 3.63) is 35.9 Å². The van der Waals surface area contributed by atoms with E-state index >= 15 is 0 Å². The normalized spacial score (nSPS) is 26.3. The molecule has 0 aliphatic heterocycles. The molecule has 2 atom stereocenters. The fraction of sp³-hybridized carbons (Fsp3) is 0.417. The summed E-state index contributed by atoms with van der Waals surface area (Å²) >= 11 is 0. The summed E-state index contributed by atoms with van der Waals surface area (Å²) in [7, 11) is 0. The highest BCUT2D eigenvalue weighted by atomic mass is 16.1. The number of amides is 1. The molecule has 0 bridgehead atoms. The quantitative estimate of drug-likeness (QED) is 0.760. The van der Waals surface area contributed by atoms with E-state index in [0.29, 0.717) is 5.92 Å². The van der Waals surface area contributed by atoms with Crippen molar-refractivity contribution in [3.63, 3.8) is 0 Å². The maximum absolute atomic E-state index is 11.2. The Hall–Kier alpha value is -1.31. The average molecular weight is 189 g/mol. The number of carbonyl (C=O) groups is 1. The van der Waals surface area contributed by atoms with Crippen LogP contribution in [0.4, 0.5) is 0 Å². The van der Waals surface area contributed by atoms with Crippen LogP contribution in [0.5, 0.6) is 0 Å². The molecular formula is C12H15NO. The second kappa shape index (κ2) is 3.82. The molecular weight excluding hydrogens is 174 g/mol. The monoisotopic (exact) mass is 189 g/mol. The van der Waals surface area contributed by atoms with Gasteiger partial charge in [-0.25, -0.2) is 0 Å². The van der Waals surface area contributed by atoms with Gasteiger partial charge in [0, 0.05) is 5.92 Å². The molecule has 1 amide bonds. The molecule has 0 aromatic heterocycles. The number of carbonyl (C=O) groups excluding carboxylic acids is 1. The van der Waals surface area contributed by atoms with Crippen LogP contribution < -0.4 is 5.73 Å². The van der Waals surface area contributed by atoms with Crippen molar-refractivity contribution < 1.29 is 4.79 Å². The first-order chi connectivity index (χ1) is 6.79. The number of hydrogen-bond donors (Lipinski definition) is 1. The molecule has 2 nitrogen and oxygen atoms in total. The Morgan fingerprint density at radius 2 is 1.93 bits per heavy atom. The smallest absolute Gasteiger partial charge is 0.221 e. The molecule has 2 rings (SSSR count). The summed E-state index contributed by atoms with van der Waals surface area (Å²) < 4.78 is 0. The van der Waals surface area contributed by atoms with Gasteiger partial charge < -0.3 is 5.73 Å². The summed E-state index contributed by atoms with van der Waals surface area (Å²) in [5.74, 6) is 0.266. The minimum atomic E-state index is -0.142. The molecule has 0 heterocycles. The van der Waals surface area contributed by atoms with E-state index in [0.717, 1.165) is 19.3 Å². The van der Waals surface area contributed by atoms with Crippen molar-refractivity contribution in [2.75, 3.05) is 0 Å². The third kappa shape index (κ3) is 1.65. The van der Waals surface area contributed by atoms with Gasteiger partial charge in [-0.2, -0.15) is 0 Å². The molecule has 0 unspecified atom stereocenters. The fourth-order valence-corrected chi connectivity index (χ4v) is 2.40. The van der Waals surface area contributed by atoms with Gasteiger partial charge in [-0.05, 0) is 24.3 Å². The van der Waals surface area contributed by atoms with Gasteiger partial charge in [0.2, 0.25) is 5.91 Å². The first kappa shape index (κ1) is 9.25. The van der Waals surface area contributed by atoms with E-state index in [-0.39, 0.29) is 11.8 Å². The van der Waals surface area contributed by atoms with Crippen LogP contribution in [0.2, 0.25) is 0 Å². The van der Waals surface area contributed by atoms with Crippen LogP contribution in [0.15, 0.2) is 30.3 Å². The van der Waals surface area contributed by atoms with Crippen molar-refractivity contribution in [1.29, 1.82) is 0 Å². The van der Waals surface area contributed by atoms with Crippen LogP contribution in [-0.4, -0.2) is 5.91 Å². The maximum atomic E-state index is 11.2. The molecule has 0 radical (unpaired) electrons. The zero-order valence-electron chi connectivity index (χ0n) is 8.15. The van der Waals surface area contributed by atoms with Crippen LogP contribution in [0.3, 0.4) is 0 Å². The lowest BCUT2D eigenvalue weighted by atomic mass is 9.88. The van der Waals surface area contributed by atoms with Gasteiger partial charge in [0.15, 0.2) is 0 Å². The van der Waals surface area contributed by atoms with Crippen molar-refractivity contribution in [3.8, 4) is 0 Å². The number of primary amides is 1. The molecule has 0 spiro atoms. The first-order valence-electron chi connectivity index (χ1n) is 5.13. The molecule has 1 aromatic carbocycles. The van der Waals surface area contributed by atoms with Crippen molar-refractivity contribution in [2.45, 2.75) is 25.2 Å². The van der Waals surface area contributed by atoms with Crippen LogP contribution in [-0.2, 0) is 4.79 Å². The lowest BCUT2D eigenvalue weighted by Gasteiger charge is -2.16. The zero-order valence-corrected chi connectivity index (χ0v) is 8.15. The van der Waals surface area contributed by atoms with Gasteiger partial charge in [-0.15, -0.1) is 0 Å². The molecule has 2 heteroatoms. The molecule has 14 heavy (non-hydrogen) atoms. The summed E-state index contributed by atoms with van der Waals surface area (Å²) in [6.07, 6.45) is 3.17. The summed E-state index contributed by atoms with van der Waals surface area (Å²) in [6.45, 7) is 0. The number of rotatable bonds is 2. The average Bonchev–Trinajstić information content (AvgIpc) is 2.67. The predicted octanol–water partition coefficient (Wildman–Crippen LogP) is 2.06. The van der Waals surface area contributed by atoms with E-state index in [4.69, 9.17) is 5.73 Å². The van der Waals surface area contributed by atoms with Crippen LogP contribution in [0.1, 0.15) is 30.7 Å². The van der Waals surface area contributed by atoms with Crippen LogP contribution in [0.25, 0.3) is 0 Å². The summed E-state index contributed by atoms with van der Waals surface area (Å²) in [5.41, 5.74) is 6.64. The lowest BCUT2D eigenvalue weighted by Crippen LogP contribution is -2.25. The van der Waals surface area contributed by atoms with Gasteiger partial charge in [-0.3, -0.25) is 4.79 Å². The molecule has 1 aromatic rings. The van der Waals surface area contributed by atoms with Crippen molar-refractivity contribution >= 4 is 5.91 Å². The fourth-order valence-electron chi connectivity index (χ4n) is 2.40. The van der Waals surface area contributed by atoms with Gasteiger partial charge in [0.05, 0.1) is 0 Å². The van der Waals surface area contributed by atoms with E-state index in [9.17, 15) is 4.79 Å². The van der Waals surface area contributed by atoms with E-state index < -0.39 is 0 Å². The lowest BCUT2D eigenvalue weighted by molar-refractivity contribution is -0.122. The van der Waals surface area contributed by atoms with Gasteiger partial charge in [0.25, 0.3) is 0 Å². The second-order valence-corrected chi connectivity index (χ2v) is 3.96. The largest absolute Gasteiger partial charge is 0.369 e. The predicted molar refractivity (Wildman–Crippen MR) is 55.7 cm³/mol. The molecule has 1 saturated carbocycles. The third-order valence-electron chi connectivity index (χ3n) is 3.11. The summed E-state index contributed by atoms with van der Waals surface area (Å²) in [6, 6.07) is 10.2. The Bertz CT molecular complexity index is 320. The molecule has 1 aliphatic carbocycles. The van der Waals surface area contributed by atoms with Crippen LogP contribution in [0, 0.1) is 5.92 Å². The maximum Gasteiger partial charge on any atom is 0.221 e. The Kier molecular flexibility index (Phi) is 2.53. The second-order valence-electron chi connectivity index (χ2n) is 3.96. The standard InChI is InChI=1S/C12H15NO/c13-12(14)11-8-4-7-10(11)9-5-2-1-3-6-9/h1-3,5-6,10-11H,4,7-8H2,(H2,13,14)/t10-,11-/m0/s1. The molecule has 1 aliphatic rings. The van der Waals surface area contributed by atoms with E-state index in [2.05, 4.69) is 12.1 Å². The molecule has 1 fully saturated rings. The molecule has 74 valence electrons. The third-order valence-corrected chi connectivity index (χ3v) is 3.11. The van der Waals surface area contributed by atoms with Crippen molar-refractivity contribution in [2.24, 2.45) is 11.7 Å². The Morgan fingerprint density at radius 1 is 1.21 bits per heavy atom. The van der Waals surface area contributed by atoms with E-state index in [1.54, 1.807) is 0 Å². The highest BCUT2D eigenvalue weighted by Gasteiger charge is 2.32. The highest BCUT2D eigenvalue weighted by molar-refractivity contribution is 5.78. The molecule has 0 saturated heterocycles. The highest BCUT2D eigenvalue weighted by Crippen LogP contribution is 2.39. The van der Waals surface area contributed by atoms with E-state index in [1.165, 1.54) is 5.56 Å². The SMILES string of the molecule is NC(=O)[C@H]1CCC[C@H]1c1ccccc1. The number of benzene rings is 1. The van der Waals surface area contributed by atoms with Gasteiger partial charge in [-0.1, -0.05) is 36.8 Å². The number of hydrogen-bond acceptors (Lipinski definition) is 1. The van der Waals surface area contributed by atoms with E-state index in [1.807, 2.05) is 18.2 Å². The minimum Gasteiger partial charge on any atom is -0.369 e. The first-order valence-corrected chi connectivity index (χ1v) is 5.13. The van der Waals surface area contributed by atoms with Gasteiger partial charge in [0.1, 0.15) is 0 Å². The Labute approximate surface area is 84.1 Å². The topological polar surface area (TPSA) is 43.1 Å². The Morgan fingerprint density at radius 3 is 2.57 bits per heavy atom. The molecule has 2 N–H and O–H groups in total. The zero-order chi connectivity index (χ0) is 9.97. The summed E-state index contributed by atoms with van der Waals surface area (Å²) in [4.78, 5) is 11.2. The van der Waals surface area contributed by atoms with Crippen LogP contribution >= 0.6 is 0 Å². The van der Waals surface area contributed by atoms with Gasteiger partial charge >= 0.3 is 0 Å².